The molecule has 0 radical (unpaired) electrons. The van der Waals surface area contributed by atoms with E-state index in [1.54, 1.807) is 24.3 Å². The second kappa shape index (κ2) is 9.56. The van der Waals surface area contributed by atoms with E-state index >= 15 is 0 Å². The summed E-state index contributed by atoms with van der Waals surface area (Å²) in [6.07, 6.45) is 2.21. The first-order chi connectivity index (χ1) is 13.9. The Kier molecular flexibility index (Phi) is 6.88. The molecule has 29 heavy (non-hydrogen) atoms. The van der Waals surface area contributed by atoms with Gasteiger partial charge < -0.3 is 19.5 Å². The molecular formula is C23H27NO5. The van der Waals surface area contributed by atoms with Crippen molar-refractivity contribution < 1.29 is 23.8 Å². The topological polar surface area (TPSA) is 73.9 Å². The van der Waals surface area contributed by atoms with Gasteiger partial charge in [0.05, 0.1) is 11.7 Å². The van der Waals surface area contributed by atoms with Gasteiger partial charge in [-0.3, -0.25) is 4.79 Å². The molecule has 1 aliphatic heterocycles. The molecule has 1 aliphatic rings. The minimum atomic E-state index is -0.553. The summed E-state index contributed by atoms with van der Waals surface area (Å²) in [5.74, 6) is -0.256. The van der Waals surface area contributed by atoms with Crippen LogP contribution in [0.15, 0.2) is 36.4 Å². The van der Waals surface area contributed by atoms with Gasteiger partial charge >= 0.3 is 5.97 Å². The molecule has 2 aromatic rings. The zero-order valence-corrected chi connectivity index (χ0v) is 17.1. The molecule has 0 bridgehead atoms. The van der Waals surface area contributed by atoms with Crippen LogP contribution in [-0.4, -0.2) is 37.8 Å². The zero-order valence-electron chi connectivity index (χ0n) is 17.1. The van der Waals surface area contributed by atoms with E-state index in [1.165, 1.54) is 0 Å². The molecule has 6 heteroatoms. The maximum atomic E-state index is 12.2. The summed E-state index contributed by atoms with van der Waals surface area (Å²) in [4.78, 5) is 24.4. The first-order valence-electron chi connectivity index (χ1n) is 9.81. The average Bonchev–Trinajstić information content (AvgIpc) is 3.21. The van der Waals surface area contributed by atoms with Crippen molar-refractivity contribution in [3.05, 3.63) is 58.7 Å². The molecule has 0 aromatic heterocycles. The highest BCUT2D eigenvalue weighted by molar-refractivity contribution is 5.96. The summed E-state index contributed by atoms with van der Waals surface area (Å²) < 4.78 is 16.3. The van der Waals surface area contributed by atoms with Gasteiger partial charge in [0.25, 0.3) is 5.91 Å². The Bertz CT molecular complexity index is 846. The zero-order chi connectivity index (χ0) is 20.8. The van der Waals surface area contributed by atoms with Crippen molar-refractivity contribution in [2.24, 2.45) is 0 Å². The number of carbonyl (C=O) groups is 2. The molecule has 154 valence electrons. The fourth-order valence-corrected chi connectivity index (χ4v) is 3.42. The molecule has 1 amide bonds. The normalized spacial score (nSPS) is 15.8. The maximum absolute atomic E-state index is 12.2. The van der Waals surface area contributed by atoms with E-state index in [-0.39, 0.29) is 18.6 Å². The van der Waals surface area contributed by atoms with Crippen molar-refractivity contribution in [3.63, 3.8) is 0 Å². The van der Waals surface area contributed by atoms with Crippen LogP contribution in [0.5, 0.6) is 5.75 Å². The highest BCUT2D eigenvalue weighted by Gasteiger charge is 2.16. The fourth-order valence-electron chi connectivity index (χ4n) is 3.42. The van der Waals surface area contributed by atoms with E-state index in [0.717, 1.165) is 41.8 Å². The molecule has 0 saturated carbocycles. The predicted octanol–water partition coefficient (Wildman–Crippen LogP) is 3.97. The number of anilines is 1. The minimum absolute atomic E-state index is 0.138. The van der Waals surface area contributed by atoms with E-state index in [0.29, 0.717) is 17.9 Å². The lowest BCUT2D eigenvalue weighted by molar-refractivity contribution is -0.119. The Labute approximate surface area is 171 Å². The van der Waals surface area contributed by atoms with Crippen LogP contribution in [0.25, 0.3) is 0 Å². The summed E-state index contributed by atoms with van der Waals surface area (Å²) in [5.41, 5.74) is 4.20. The Morgan fingerprint density at radius 2 is 1.79 bits per heavy atom. The van der Waals surface area contributed by atoms with Gasteiger partial charge in [0.1, 0.15) is 12.4 Å². The summed E-state index contributed by atoms with van der Waals surface area (Å²) in [6.45, 7) is 6.82. The minimum Gasteiger partial charge on any atom is -0.491 e. The standard InChI is InChI=1S/C23H27NO5/c1-15-11-16(2)22(17(3)12-15)24-21(25)14-29-23(26)18-6-8-19(9-7-18)28-13-20-5-4-10-27-20/h6-9,11-12,20H,4-5,10,13-14H2,1-3H3,(H,24,25)/t20-/m1/s1. The van der Waals surface area contributed by atoms with E-state index in [4.69, 9.17) is 14.2 Å². The van der Waals surface area contributed by atoms with Gasteiger partial charge in [-0.1, -0.05) is 17.7 Å². The summed E-state index contributed by atoms with van der Waals surface area (Å²) in [7, 11) is 0. The first-order valence-corrected chi connectivity index (χ1v) is 9.81. The smallest absolute Gasteiger partial charge is 0.338 e. The lowest BCUT2D eigenvalue weighted by atomic mass is 10.1. The van der Waals surface area contributed by atoms with Gasteiger partial charge in [0.15, 0.2) is 6.61 Å². The van der Waals surface area contributed by atoms with Crippen LogP contribution < -0.4 is 10.1 Å². The molecule has 1 atom stereocenters. The number of hydrogen-bond donors (Lipinski definition) is 1. The fraction of sp³-hybridized carbons (Fsp3) is 0.391. The number of hydrogen-bond acceptors (Lipinski definition) is 5. The van der Waals surface area contributed by atoms with Crippen molar-refractivity contribution in [3.8, 4) is 5.75 Å². The van der Waals surface area contributed by atoms with Gasteiger partial charge in [-0.05, 0) is 69.0 Å². The van der Waals surface area contributed by atoms with Crippen LogP contribution in [-0.2, 0) is 14.3 Å². The molecule has 1 heterocycles. The summed E-state index contributed by atoms with van der Waals surface area (Å²) in [6, 6.07) is 10.7. The molecule has 1 N–H and O–H groups in total. The third kappa shape index (κ3) is 5.81. The quantitative estimate of drug-likeness (QED) is 0.716. The number of nitrogens with one attached hydrogen (secondary N) is 1. The van der Waals surface area contributed by atoms with Gasteiger partial charge in [-0.2, -0.15) is 0 Å². The molecule has 0 spiro atoms. The largest absolute Gasteiger partial charge is 0.491 e. The first kappa shape index (κ1) is 20.9. The number of ether oxygens (including phenoxy) is 3. The Morgan fingerprint density at radius 1 is 1.10 bits per heavy atom. The van der Waals surface area contributed by atoms with Crippen LogP contribution in [0.3, 0.4) is 0 Å². The highest BCUT2D eigenvalue weighted by atomic mass is 16.5. The summed E-state index contributed by atoms with van der Waals surface area (Å²) in [5, 5.41) is 2.82. The lowest BCUT2D eigenvalue weighted by Crippen LogP contribution is -2.22. The van der Waals surface area contributed by atoms with Crippen LogP contribution in [0, 0.1) is 20.8 Å². The van der Waals surface area contributed by atoms with Crippen molar-refractivity contribution in [2.45, 2.75) is 39.7 Å². The predicted molar refractivity (Wildman–Crippen MR) is 110 cm³/mol. The third-order valence-corrected chi connectivity index (χ3v) is 4.83. The molecule has 6 nitrogen and oxygen atoms in total. The number of carbonyl (C=O) groups excluding carboxylic acids is 2. The SMILES string of the molecule is Cc1cc(C)c(NC(=O)COC(=O)c2ccc(OC[C@H]3CCCO3)cc2)c(C)c1. The van der Waals surface area contributed by atoms with Gasteiger partial charge in [0.2, 0.25) is 0 Å². The molecule has 1 fully saturated rings. The highest BCUT2D eigenvalue weighted by Crippen LogP contribution is 2.22. The summed E-state index contributed by atoms with van der Waals surface area (Å²) >= 11 is 0. The van der Waals surface area contributed by atoms with Crippen molar-refractivity contribution in [1.82, 2.24) is 0 Å². The lowest BCUT2D eigenvalue weighted by Gasteiger charge is -2.13. The van der Waals surface area contributed by atoms with Crippen LogP contribution in [0.2, 0.25) is 0 Å². The van der Waals surface area contributed by atoms with Crippen LogP contribution in [0.1, 0.15) is 39.9 Å². The number of benzene rings is 2. The molecule has 1 saturated heterocycles. The molecule has 2 aromatic carbocycles. The van der Waals surface area contributed by atoms with Crippen molar-refractivity contribution in [2.75, 3.05) is 25.1 Å². The van der Waals surface area contributed by atoms with Gasteiger partial charge in [-0.25, -0.2) is 4.79 Å². The van der Waals surface area contributed by atoms with Crippen molar-refractivity contribution >= 4 is 17.6 Å². The van der Waals surface area contributed by atoms with Crippen LogP contribution in [0.4, 0.5) is 5.69 Å². The number of aryl methyl sites for hydroxylation is 3. The van der Waals surface area contributed by atoms with Gasteiger partial charge in [-0.15, -0.1) is 0 Å². The molecule has 0 aliphatic carbocycles. The third-order valence-electron chi connectivity index (χ3n) is 4.83. The number of amides is 1. The molecule has 0 unspecified atom stereocenters. The number of esters is 1. The monoisotopic (exact) mass is 397 g/mol. The Balaban J connectivity index is 1.48. The Morgan fingerprint density at radius 3 is 2.41 bits per heavy atom. The number of rotatable bonds is 7. The second-order valence-corrected chi connectivity index (χ2v) is 7.37. The van der Waals surface area contributed by atoms with E-state index in [2.05, 4.69) is 5.32 Å². The molecular weight excluding hydrogens is 370 g/mol. The van der Waals surface area contributed by atoms with E-state index in [1.807, 2.05) is 32.9 Å². The van der Waals surface area contributed by atoms with E-state index in [9.17, 15) is 9.59 Å². The van der Waals surface area contributed by atoms with E-state index < -0.39 is 5.97 Å². The average molecular weight is 397 g/mol. The Hall–Kier alpha value is -2.86. The van der Waals surface area contributed by atoms with Crippen LogP contribution >= 0.6 is 0 Å². The van der Waals surface area contributed by atoms with Crippen molar-refractivity contribution in [1.29, 1.82) is 0 Å². The maximum Gasteiger partial charge on any atom is 0.338 e. The second-order valence-electron chi connectivity index (χ2n) is 7.37. The van der Waals surface area contributed by atoms with Gasteiger partial charge in [0, 0.05) is 12.3 Å². The molecule has 3 rings (SSSR count).